The molecule has 0 saturated heterocycles. The summed E-state index contributed by atoms with van der Waals surface area (Å²) in [5.41, 5.74) is 0.896. The van der Waals surface area contributed by atoms with Gasteiger partial charge in [-0.1, -0.05) is 35.2 Å². The van der Waals surface area contributed by atoms with Gasteiger partial charge in [-0.25, -0.2) is 0 Å². The predicted molar refractivity (Wildman–Crippen MR) is 74.6 cm³/mol. The van der Waals surface area contributed by atoms with E-state index in [1.165, 1.54) is 30.2 Å². The minimum atomic E-state index is -0.279. The van der Waals surface area contributed by atoms with Gasteiger partial charge in [-0.3, -0.25) is 4.79 Å². The summed E-state index contributed by atoms with van der Waals surface area (Å²) in [6.07, 6.45) is 0. The minimum absolute atomic E-state index is 0.233. The van der Waals surface area contributed by atoms with Crippen molar-refractivity contribution in [3.05, 3.63) is 24.3 Å². The lowest BCUT2D eigenvalue weighted by atomic mass is 10.2. The van der Waals surface area contributed by atoms with Crippen molar-refractivity contribution in [1.82, 2.24) is 10.2 Å². The summed E-state index contributed by atoms with van der Waals surface area (Å²) < 4.78 is 10.6. The Morgan fingerprint density at radius 2 is 2.11 bits per heavy atom. The van der Waals surface area contributed by atoms with Gasteiger partial charge in [0.2, 0.25) is 0 Å². The van der Waals surface area contributed by atoms with Crippen LogP contribution in [0.25, 0.3) is 10.6 Å². The van der Waals surface area contributed by atoms with Gasteiger partial charge in [0.25, 0.3) is 0 Å². The lowest BCUT2D eigenvalue weighted by molar-refractivity contribution is -0.137. The van der Waals surface area contributed by atoms with Gasteiger partial charge in [-0.2, -0.15) is 0 Å². The largest absolute Gasteiger partial charge is 0.496 e. The zero-order valence-corrected chi connectivity index (χ0v) is 12.1. The lowest BCUT2D eigenvalue weighted by Gasteiger charge is -2.03. The fourth-order valence-electron chi connectivity index (χ4n) is 1.38. The standard InChI is InChI=1S/C12H12N2O3S2/c1-16-9-6-4-3-5-8(9)11-13-14-12(19-11)18-7-10(15)17-2/h3-6H,7H2,1-2H3. The van der Waals surface area contributed by atoms with Gasteiger partial charge >= 0.3 is 5.97 Å². The Hall–Kier alpha value is -1.60. The number of nitrogens with zero attached hydrogens (tertiary/aromatic N) is 2. The molecule has 0 bridgehead atoms. The molecule has 0 amide bonds. The maximum absolute atomic E-state index is 11.1. The average molecular weight is 296 g/mol. The predicted octanol–water partition coefficient (Wildman–Crippen LogP) is 2.48. The van der Waals surface area contributed by atoms with E-state index in [1.807, 2.05) is 24.3 Å². The number of carbonyl (C=O) groups excluding carboxylic acids is 1. The van der Waals surface area contributed by atoms with Crippen LogP contribution in [0.3, 0.4) is 0 Å². The van der Waals surface area contributed by atoms with Crippen LogP contribution in [0.4, 0.5) is 0 Å². The van der Waals surface area contributed by atoms with Crippen molar-refractivity contribution < 1.29 is 14.3 Å². The van der Waals surface area contributed by atoms with Gasteiger partial charge < -0.3 is 9.47 Å². The molecular weight excluding hydrogens is 284 g/mol. The zero-order valence-electron chi connectivity index (χ0n) is 10.5. The van der Waals surface area contributed by atoms with Crippen molar-refractivity contribution >= 4 is 29.1 Å². The smallest absolute Gasteiger partial charge is 0.316 e. The minimum Gasteiger partial charge on any atom is -0.496 e. The molecule has 0 spiro atoms. The topological polar surface area (TPSA) is 61.3 Å². The Morgan fingerprint density at radius 1 is 1.32 bits per heavy atom. The first-order valence-electron chi connectivity index (χ1n) is 5.41. The third-order valence-corrected chi connectivity index (χ3v) is 4.35. The molecule has 0 radical (unpaired) electrons. The zero-order chi connectivity index (χ0) is 13.7. The normalized spacial score (nSPS) is 10.2. The molecule has 0 saturated carbocycles. The first kappa shape index (κ1) is 13.8. The quantitative estimate of drug-likeness (QED) is 0.624. The fraction of sp³-hybridized carbons (Fsp3) is 0.250. The molecule has 1 heterocycles. The van der Waals surface area contributed by atoms with Gasteiger partial charge in [-0.05, 0) is 12.1 Å². The van der Waals surface area contributed by atoms with Crippen LogP contribution >= 0.6 is 23.1 Å². The Kier molecular flexibility index (Phi) is 4.75. The Balaban J connectivity index is 2.14. The van der Waals surface area contributed by atoms with Crippen LogP contribution in [-0.4, -0.2) is 36.1 Å². The van der Waals surface area contributed by atoms with Crippen molar-refractivity contribution in [2.45, 2.75) is 4.34 Å². The van der Waals surface area contributed by atoms with Crippen LogP contribution in [0.1, 0.15) is 0 Å². The lowest BCUT2D eigenvalue weighted by Crippen LogP contribution is -2.02. The monoisotopic (exact) mass is 296 g/mol. The molecule has 7 heteroatoms. The average Bonchev–Trinajstić information content (AvgIpc) is 2.93. The molecule has 5 nitrogen and oxygen atoms in total. The van der Waals surface area contributed by atoms with Gasteiger partial charge in [0.05, 0.1) is 25.5 Å². The van der Waals surface area contributed by atoms with E-state index < -0.39 is 0 Å². The molecule has 0 aliphatic carbocycles. The van der Waals surface area contributed by atoms with Crippen LogP contribution in [-0.2, 0) is 9.53 Å². The molecule has 0 aliphatic heterocycles. The summed E-state index contributed by atoms with van der Waals surface area (Å²) in [4.78, 5) is 11.1. The maximum Gasteiger partial charge on any atom is 0.316 e. The van der Waals surface area contributed by atoms with E-state index in [0.717, 1.165) is 20.7 Å². The highest BCUT2D eigenvalue weighted by Crippen LogP contribution is 2.34. The van der Waals surface area contributed by atoms with Gasteiger partial charge in [-0.15, -0.1) is 10.2 Å². The molecule has 1 aromatic heterocycles. The van der Waals surface area contributed by atoms with E-state index in [0.29, 0.717) is 0 Å². The summed E-state index contributed by atoms with van der Waals surface area (Å²) in [7, 11) is 2.98. The Bertz CT molecular complexity index is 572. The molecule has 0 N–H and O–H groups in total. The highest BCUT2D eigenvalue weighted by Gasteiger charge is 2.12. The van der Waals surface area contributed by atoms with E-state index in [9.17, 15) is 4.79 Å². The van der Waals surface area contributed by atoms with Crippen LogP contribution in [0.15, 0.2) is 28.6 Å². The summed E-state index contributed by atoms with van der Waals surface area (Å²) in [5.74, 6) is 0.707. The molecule has 0 atom stereocenters. The summed E-state index contributed by atoms with van der Waals surface area (Å²) in [6.45, 7) is 0. The van der Waals surface area contributed by atoms with E-state index >= 15 is 0 Å². The highest BCUT2D eigenvalue weighted by atomic mass is 32.2. The van der Waals surface area contributed by atoms with E-state index in [1.54, 1.807) is 7.11 Å². The number of esters is 1. The third-order valence-electron chi connectivity index (χ3n) is 2.29. The number of hydrogen-bond acceptors (Lipinski definition) is 7. The van der Waals surface area contributed by atoms with Crippen molar-refractivity contribution in [3.63, 3.8) is 0 Å². The molecule has 1 aromatic carbocycles. The van der Waals surface area contributed by atoms with Crippen molar-refractivity contribution in [2.24, 2.45) is 0 Å². The molecule has 2 rings (SSSR count). The van der Waals surface area contributed by atoms with E-state index in [4.69, 9.17) is 4.74 Å². The van der Waals surface area contributed by atoms with Crippen LogP contribution in [0, 0.1) is 0 Å². The molecule has 0 unspecified atom stereocenters. The van der Waals surface area contributed by atoms with Crippen molar-refractivity contribution in [1.29, 1.82) is 0 Å². The molecule has 0 fully saturated rings. The molecule has 2 aromatic rings. The number of methoxy groups -OCH3 is 2. The molecule has 19 heavy (non-hydrogen) atoms. The number of benzene rings is 1. The first-order chi connectivity index (χ1) is 9.24. The molecule has 0 aliphatic rings. The van der Waals surface area contributed by atoms with E-state index in [2.05, 4.69) is 14.9 Å². The number of carbonyl (C=O) groups is 1. The summed E-state index contributed by atoms with van der Waals surface area (Å²) in [6, 6.07) is 7.61. The second kappa shape index (κ2) is 6.53. The second-order valence-corrected chi connectivity index (χ2v) is 5.64. The number of hydrogen-bond donors (Lipinski definition) is 0. The highest BCUT2D eigenvalue weighted by molar-refractivity contribution is 8.01. The van der Waals surface area contributed by atoms with Gasteiger partial charge in [0, 0.05) is 0 Å². The fourth-order valence-corrected chi connectivity index (χ4v) is 3.09. The number of rotatable bonds is 5. The van der Waals surface area contributed by atoms with Crippen molar-refractivity contribution in [2.75, 3.05) is 20.0 Å². The summed E-state index contributed by atoms with van der Waals surface area (Å²) >= 11 is 2.73. The second-order valence-electron chi connectivity index (χ2n) is 3.44. The Labute approximate surface area is 119 Å². The molecular formula is C12H12N2O3S2. The number of ether oxygens (including phenoxy) is 2. The SMILES string of the molecule is COC(=O)CSc1nnc(-c2ccccc2OC)s1. The Morgan fingerprint density at radius 3 is 2.84 bits per heavy atom. The number of aromatic nitrogens is 2. The van der Waals surface area contributed by atoms with Gasteiger partial charge in [0.15, 0.2) is 9.35 Å². The van der Waals surface area contributed by atoms with Crippen LogP contribution in [0.5, 0.6) is 5.75 Å². The van der Waals surface area contributed by atoms with Crippen LogP contribution < -0.4 is 4.74 Å². The number of para-hydroxylation sites is 1. The molecule has 100 valence electrons. The van der Waals surface area contributed by atoms with Crippen molar-refractivity contribution in [3.8, 4) is 16.3 Å². The maximum atomic E-state index is 11.1. The third kappa shape index (κ3) is 3.45. The number of thioether (sulfide) groups is 1. The first-order valence-corrected chi connectivity index (χ1v) is 7.21. The van der Waals surface area contributed by atoms with Gasteiger partial charge in [0.1, 0.15) is 5.75 Å². The van der Waals surface area contributed by atoms with Crippen LogP contribution in [0.2, 0.25) is 0 Å². The van der Waals surface area contributed by atoms with E-state index in [-0.39, 0.29) is 11.7 Å². The summed E-state index contributed by atoms with van der Waals surface area (Å²) in [5, 5.41) is 8.93.